The SMILES string of the molecule is COCCn1ncc(C)c1N(C)C. The van der Waals surface area contributed by atoms with E-state index in [0.717, 1.165) is 12.4 Å². The van der Waals surface area contributed by atoms with Crippen LogP contribution >= 0.6 is 0 Å². The van der Waals surface area contributed by atoms with E-state index < -0.39 is 0 Å². The van der Waals surface area contributed by atoms with Crippen LogP contribution in [0.1, 0.15) is 5.56 Å². The minimum absolute atomic E-state index is 0.696. The zero-order valence-electron chi connectivity index (χ0n) is 8.74. The van der Waals surface area contributed by atoms with E-state index in [-0.39, 0.29) is 0 Å². The van der Waals surface area contributed by atoms with Gasteiger partial charge in [-0.25, -0.2) is 4.68 Å². The van der Waals surface area contributed by atoms with E-state index in [1.807, 2.05) is 25.0 Å². The van der Waals surface area contributed by atoms with Gasteiger partial charge in [0.1, 0.15) is 5.82 Å². The minimum atomic E-state index is 0.696. The van der Waals surface area contributed by atoms with Crippen LogP contribution in [0.3, 0.4) is 0 Å². The van der Waals surface area contributed by atoms with Crippen molar-refractivity contribution < 1.29 is 4.74 Å². The maximum absolute atomic E-state index is 5.01. The third-order valence-corrected chi connectivity index (χ3v) is 1.92. The molecule has 0 N–H and O–H groups in total. The fourth-order valence-electron chi connectivity index (χ4n) is 1.40. The molecule has 0 saturated carbocycles. The van der Waals surface area contributed by atoms with Crippen molar-refractivity contribution in [2.45, 2.75) is 13.5 Å². The third-order valence-electron chi connectivity index (χ3n) is 1.92. The van der Waals surface area contributed by atoms with E-state index in [1.165, 1.54) is 5.56 Å². The molecule has 0 aliphatic rings. The van der Waals surface area contributed by atoms with Crippen LogP contribution in [0.5, 0.6) is 0 Å². The van der Waals surface area contributed by atoms with Gasteiger partial charge in [-0.15, -0.1) is 0 Å². The fraction of sp³-hybridized carbons (Fsp3) is 0.667. The van der Waals surface area contributed by atoms with Gasteiger partial charge in [-0.05, 0) is 6.92 Å². The number of anilines is 1. The Morgan fingerprint density at radius 1 is 1.54 bits per heavy atom. The van der Waals surface area contributed by atoms with E-state index >= 15 is 0 Å². The molecule has 0 radical (unpaired) electrons. The number of rotatable bonds is 4. The van der Waals surface area contributed by atoms with Crippen molar-refractivity contribution in [1.29, 1.82) is 0 Å². The van der Waals surface area contributed by atoms with Gasteiger partial charge < -0.3 is 9.64 Å². The molecule has 0 aromatic carbocycles. The van der Waals surface area contributed by atoms with Crippen LogP contribution in [-0.2, 0) is 11.3 Å². The minimum Gasteiger partial charge on any atom is -0.383 e. The Kier molecular flexibility index (Phi) is 3.31. The van der Waals surface area contributed by atoms with Crippen molar-refractivity contribution in [1.82, 2.24) is 9.78 Å². The van der Waals surface area contributed by atoms with Crippen LogP contribution in [0.15, 0.2) is 6.20 Å². The highest BCUT2D eigenvalue weighted by Gasteiger charge is 2.08. The van der Waals surface area contributed by atoms with E-state index in [0.29, 0.717) is 6.61 Å². The van der Waals surface area contributed by atoms with Crippen LogP contribution in [-0.4, -0.2) is 37.6 Å². The Bertz CT molecular complexity index is 268. The first-order valence-electron chi connectivity index (χ1n) is 4.35. The molecule has 0 aliphatic carbocycles. The molecule has 0 amide bonds. The van der Waals surface area contributed by atoms with Gasteiger partial charge >= 0.3 is 0 Å². The molecule has 1 heterocycles. The molecule has 0 fully saturated rings. The molecule has 4 heteroatoms. The number of aryl methyl sites for hydroxylation is 1. The number of hydrogen-bond acceptors (Lipinski definition) is 3. The molecule has 0 spiro atoms. The Balaban J connectivity index is 2.81. The fourth-order valence-corrected chi connectivity index (χ4v) is 1.40. The summed E-state index contributed by atoms with van der Waals surface area (Å²) >= 11 is 0. The van der Waals surface area contributed by atoms with Gasteiger partial charge in [0.15, 0.2) is 0 Å². The molecule has 1 rings (SSSR count). The van der Waals surface area contributed by atoms with Crippen LogP contribution < -0.4 is 4.90 Å². The molecule has 0 saturated heterocycles. The molecule has 74 valence electrons. The van der Waals surface area contributed by atoms with Gasteiger partial charge in [-0.1, -0.05) is 0 Å². The van der Waals surface area contributed by atoms with Crippen LogP contribution in [0.2, 0.25) is 0 Å². The molecule has 0 bridgehead atoms. The second-order valence-electron chi connectivity index (χ2n) is 3.26. The lowest BCUT2D eigenvalue weighted by molar-refractivity contribution is 0.184. The topological polar surface area (TPSA) is 30.3 Å². The Morgan fingerprint density at radius 2 is 2.23 bits per heavy atom. The number of aromatic nitrogens is 2. The normalized spacial score (nSPS) is 10.5. The van der Waals surface area contributed by atoms with Gasteiger partial charge in [0, 0.05) is 26.8 Å². The summed E-state index contributed by atoms with van der Waals surface area (Å²) in [6.07, 6.45) is 1.88. The Morgan fingerprint density at radius 3 is 2.77 bits per heavy atom. The quantitative estimate of drug-likeness (QED) is 0.695. The summed E-state index contributed by atoms with van der Waals surface area (Å²) in [4.78, 5) is 2.07. The van der Waals surface area contributed by atoms with Crippen molar-refractivity contribution in [3.05, 3.63) is 11.8 Å². The van der Waals surface area contributed by atoms with E-state index in [4.69, 9.17) is 4.74 Å². The molecule has 1 aromatic heterocycles. The van der Waals surface area contributed by atoms with E-state index in [9.17, 15) is 0 Å². The van der Waals surface area contributed by atoms with Crippen molar-refractivity contribution in [2.75, 3.05) is 32.7 Å². The Labute approximate surface area is 79.1 Å². The highest BCUT2D eigenvalue weighted by Crippen LogP contribution is 2.16. The highest BCUT2D eigenvalue weighted by atomic mass is 16.5. The average molecular weight is 183 g/mol. The summed E-state index contributed by atoms with van der Waals surface area (Å²) in [7, 11) is 5.74. The van der Waals surface area contributed by atoms with E-state index in [2.05, 4.69) is 16.9 Å². The van der Waals surface area contributed by atoms with E-state index in [1.54, 1.807) is 7.11 Å². The van der Waals surface area contributed by atoms with Crippen LogP contribution in [0.4, 0.5) is 5.82 Å². The number of hydrogen-bond donors (Lipinski definition) is 0. The van der Waals surface area contributed by atoms with Crippen molar-refractivity contribution in [3.63, 3.8) is 0 Å². The summed E-state index contributed by atoms with van der Waals surface area (Å²) in [5, 5.41) is 4.27. The summed E-state index contributed by atoms with van der Waals surface area (Å²) in [5.74, 6) is 1.15. The van der Waals surface area contributed by atoms with Gasteiger partial charge in [0.05, 0.1) is 19.3 Å². The molecule has 0 unspecified atom stereocenters. The predicted octanol–water partition coefficient (Wildman–Crippen LogP) is 0.904. The molecule has 0 aliphatic heterocycles. The van der Waals surface area contributed by atoms with Crippen molar-refractivity contribution in [3.8, 4) is 0 Å². The first-order chi connectivity index (χ1) is 6.16. The number of ether oxygens (including phenoxy) is 1. The lowest BCUT2D eigenvalue weighted by Crippen LogP contribution is -2.17. The first kappa shape index (κ1) is 10.1. The summed E-state index contributed by atoms with van der Waals surface area (Å²) < 4.78 is 6.97. The largest absolute Gasteiger partial charge is 0.383 e. The summed E-state index contributed by atoms with van der Waals surface area (Å²) in [6.45, 7) is 3.56. The zero-order chi connectivity index (χ0) is 9.84. The molecular weight excluding hydrogens is 166 g/mol. The van der Waals surface area contributed by atoms with Crippen molar-refractivity contribution in [2.24, 2.45) is 0 Å². The highest BCUT2D eigenvalue weighted by molar-refractivity contribution is 5.44. The van der Waals surface area contributed by atoms with Gasteiger partial charge in [-0.2, -0.15) is 5.10 Å². The summed E-state index contributed by atoms with van der Waals surface area (Å²) in [5.41, 5.74) is 1.20. The number of nitrogens with zero attached hydrogens (tertiary/aromatic N) is 3. The zero-order valence-corrected chi connectivity index (χ0v) is 8.74. The second-order valence-corrected chi connectivity index (χ2v) is 3.26. The maximum Gasteiger partial charge on any atom is 0.129 e. The van der Waals surface area contributed by atoms with Gasteiger partial charge in [-0.3, -0.25) is 0 Å². The lowest BCUT2D eigenvalue weighted by atomic mass is 10.3. The molecule has 13 heavy (non-hydrogen) atoms. The first-order valence-corrected chi connectivity index (χ1v) is 4.35. The predicted molar refractivity (Wildman–Crippen MR) is 53.2 cm³/mol. The van der Waals surface area contributed by atoms with Crippen LogP contribution in [0.25, 0.3) is 0 Å². The smallest absolute Gasteiger partial charge is 0.129 e. The molecule has 1 aromatic rings. The molecular formula is C9H17N3O. The monoisotopic (exact) mass is 183 g/mol. The Hall–Kier alpha value is -1.03. The van der Waals surface area contributed by atoms with Gasteiger partial charge in [0.25, 0.3) is 0 Å². The second kappa shape index (κ2) is 4.28. The van der Waals surface area contributed by atoms with Gasteiger partial charge in [0.2, 0.25) is 0 Å². The standard InChI is InChI=1S/C9H17N3O/c1-8-7-10-12(5-6-13-4)9(8)11(2)3/h7H,5-6H2,1-4H3. The van der Waals surface area contributed by atoms with Crippen LogP contribution in [0, 0.1) is 6.92 Å². The van der Waals surface area contributed by atoms with Crippen molar-refractivity contribution >= 4 is 5.82 Å². The summed E-state index contributed by atoms with van der Waals surface area (Å²) in [6, 6.07) is 0. The lowest BCUT2D eigenvalue weighted by Gasteiger charge is -2.15. The molecule has 0 atom stereocenters. The number of methoxy groups -OCH3 is 1. The average Bonchev–Trinajstić information content (AvgIpc) is 2.43. The maximum atomic E-state index is 5.01. The third kappa shape index (κ3) is 2.21. The molecule has 4 nitrogen and oxygen atoms in total.